The lowest BCUT2D eigenvalue weighted by atomic mass is 10.2. The Morgan fingerprint density at radius 3 is 2.48 bits per heavy atom. The van der Waals surface area contributed by atoms with E-state index in [-0.39, 0.29) is 18.2 Å². The van der Waals surface area contributed by atoms with E-state index in [4.69, 9.17) is 9.47 Å². The highest BCUT2D eigenvalue weighted by atomic mass is 16.6. The molecule has 0 fully saturated rings. The zero-order valence-electron chi connectivity index (χ0n) is 15.5. The van der Waals surface area contributed by atoms with E-state index in [1.807, 2.05) is 12.1 Å². The van der Waals surface area contributed by atoms with Gasteiger partial charge in [0, 0.05) is 31.1 Å². The summed E-state index contributed by atoms with van der Waals surface area (Å²) >= 11 is 0. The Labute approximate surface area is 167 Å². The smallest absolute Gasteiger partial charge is 0.269 e. The molecule has 8 nitrogen and oxygen atoms in total. The molecule has 29 heavy (non-hydrogen) atoms. The molecule has 148 valence electrons. The van der Waals surface area contributed by atoms with Gasteiger partial charge in [-0.15, -0.1) is 0 Å². The van der Waals surface area contributed by atoms with Gasteiger partial charge in [-0.1, -0.05) is 18.2 Å². The van der Waals surface area contributed by atoms with Gasteiger partial charge in [0.2, 0.25) is 0 Å². The van der Waals surface area contributed by atoms with Gasteiger partial charge in [0.05, 0.1) is 4.92 Å². The van der Waals surface area contributed by atoms with Crippen LogP contribution in [0, 0.1) is 10.1 Å². The van der Waals surface area contributed by atoms with Gasteiger partial charge in [0.25, 0.3) is 11.6 Å². The van der Waals surface area contributed by atoms with Crippen molar-refractivity contribution >= 4 is 11.6 Å². The molecule has 1 aromatic heterocycles. The highest BCUT2D eigenvalue weighted by Gasteiger charge is 2.10. The van der Waals surface area contributed by atoms with E-state index >= 15 is 0 Å². The number of non-ortho nitro benzene ring substituents is 1. The first-order valence-corrected chi connectivity index (χ1v) is 8.91. The van der Waals surface area contributed by atoms with E-state index in [2.05, 4.69) is 10.3 Å². The fourth-order valence-electron chi connectivity index (χ4n) is 2.50. The van der Waals surface area contributed by atoms with Crippen LogP contribution in [0.5, 0.6) is 17.2 Å². The largest absolute Gasteiger partial charge is 0.480 e. The Bertz CT molecular complexity index is 962. The number of amides is 1. The van der Waals surface area contributed by atoms with Crippen molar-refractivity contribution in [1.29, 1.82) is 0 Å². The lowest BCUT2D eigenvalue weighted by Crippen LogP contribution is -2.30. The maximum Gasteiger partial charge on any atom is 0.269 e. The Morgan fingerprint density at radius 1 is 1.03 bits per heavy atom. The van der Waals surface area contributed by atoms with Crippen LogP contribution in [0.3, 0.4) is 0 Å². The van der Waals surface area contributed by atoms with Gasteiger partial charge in [-0.05, 0) is 42.3 Å². The minimum Gasteiger partial charge on any atom is -0.480 e. The summed E-state index contributed by atoms with van der Waals surface area (Å²) in [5.74, 6) is 0.976. The summed E-state index contributed by atoms with van der Waals surface area (Å²) in [6, 6.07) is 16.4. The van der Waals surface area contributed by atoms with E-state index in [1.165, 1.54) is 24.3 Å². The van der Waals surface area contributed by atoms with E-state index < -0.39 is 4.92 Å². The molecule has 3 aromatic rings. The highest BCUT2D eigenvalue weighted by molar-refractivity contribution is 5.77. The van der Waals surface area contributed by atoms with Gasteiger partial charge in [-0.2, -0.15) is 0 Å². The van der Waals surface area contributed by atoms with Gasteiger partial charge >= 0.3 is 0 Å². The number of hydrogen-bond acceptors (Lipinski definition) is 6. The van der Waals surface area contributed by atoms with E-state index in [0.29, 0.717) is 30.2 Å². The number of hydrogen-bond donors (Lipinski definition) is 1. The normalized spacial score (nSPS) is 10.2. The number of nitrogens with zero attached hydrogens (tertiary/aromatic N) is 2. The molecule has 0 spiro atoms. The second-order valence-electron chi connectivity index (χ2n) is 6.05. The van der Waals surface area contributed by atoms with Crippen molar-refractivity contribution in [3.05, 3.63) is 88.7 Å². The Kier molecular flexibility index (Phi) is 6.72. The van der Waals surface area contributed by atoms with Gasteiger partial charge < -0.3 is 14.8 Å². The molecule has 0 saturated carbocycles. The number of pyridine rings is 1. The standard InChI is InChI=1S/C21H19N3O5/c25-21(23-13-11-16-4-3-12-22-14-16)15-28-19-5-1-2-6-20(19)29-18-9-7-17(8-10-18)24(26)27/h1-10,12,14H,11,13,15H2,(H,23,25). The van der Waals surface area contributed by atoms with Crippen molar-refractivity contribution in [3.63, 3.8) is 0 Å². The van der Waals surface area contributed by atoms with Crippen molar-refractivity contribution in [3.8, 4) is 17.2 Å². The average Bonchev–Trinajstić information content (AvgIpc) is 2.74. The third-order valence-corrected chi connectivity index (χ3v) is 3.94. The second kappa shape index (κ2) is 9.84. The molecule has 0 bridgehead atoms. The first-order chi connectivity index (χ1) is 14.1. The number of nitrogens with one attached hydrogen (secondary N) is 1. The molecule has 0 saturated heterocycles. The van der Waals surface area contributed by atoms with Crippen LogP contribution in [0.1, 0.15) is 5.56 Å². The number of rotatable bonds is 9. The first-order valence-electron chi connectivity index (χ1n) is 8.91. The van der Waals surface area contributed by atoms with Crippen LogP contribution < -0.4 is 14.8 Å². The molecule has 0 atom stereocenters. The summed E-state index contributed by atoms with van der Waals surface area (Å²) < 4.78 is 11.3. The Morgan fingerprint density at radius 2 is 1.79 bits per heavy atom. The van der Waals surface area contributed by atoms with Crippen LogP contribution in [-0.4, -0.2) is 29.0 Å². The molecule has 1 heterocycles. The zero-order chi connectivity index (χ0) is 20.5. The minimum absolute atomic E-state index is 0.0233. The third-order valence-electron chi connectivity index (χ3n) is 3.94. The first kappa shape index (κ1) is 19.8. The molecular weight excluding hydrogens is 374 g/mol. The van der Waals surface area contributed by atoms with Crippen LogP contribution in [-0.2, 0) is 11.2 Å². The van der Waals surface area contributed by atoms with E-state index in [9.17, 15) is 14.9 Å². The number of para-hydroxylation sites is 2. The van der Waals surface area contributed by atoms with Gasteiger partial charge in [-0.3, -0.25) is 19.9 Å². The quantitative estimate of drug-likeness (QED) is 0.441. The Hall–Kier alpha value is -3.94. The lowest BCUT2D eigenvalue weighted by molar-refractivity contribution is -0.384. The van der Waals surface area contributed by atoms with E-state index in [1.54, 1.807) is 36.7 Å². The SMILES string of the molecule is O=C(COc1ccccc1Oc1ccc([N+](=O)[O-])cc1)NCCc1cccnc1. The monoisotopic (exact) mass is 393 g/mol. The molecule has 0 aliphatic rings. The molecule has 1 amide bonds. The molecule has 0 aliphatic carbocycles. The summed E-state index contributed by atoms with van der Waals surface area (Å²) in [6.45, 7) is 0.322. The highest BCUT2D eigenvalue weighted by Crippen LogP contribution is 2.31. The van der Waals surface area contributed by atoms with Crippen molar-refractivity contribution in [2.75, 3.05) is 13.2 Å². The molecule has 8 heteroatoms. The van der Waals surface area contributed by atoms with Crippen molar-refractivity contribution < 1.29 is 19.2 Å². The summed E-state index contributed by atoms with van der Waals surface area (Å²) in [5, 5.41) is 13.5. The number of nitro groups is 1. The molecular formula is C21H19N3O5. The fraction of sp³-hybridized carbons (Fsp3) is 0.143. The fourth-order valence-corrected chi connectivity index (χ4v) is 2.50. The number of benzene rings is 2. The molecule has 0 radical (unpaired) electrons. The van der Waals surface area contributed by atoms with Crippen LogP contribution >= 0.6 is 0 Å². The minimum atomic E-state index is -0.478. The number of carbonyl (C=O) groups excluding carboxylic acids is 1. The van der Waals surface area contributed by atoms with Gasteiger partial charge in [-0.25, -0.2) is 0 Å². The summed E-state index contributed by atoms with van der Waals surface area (Å²) in [4.78, 5) is 26.3. The van der Waals surface area contributed by atoms with Gasteiger partial charge in [0.1, 0.15) is 5.75 Å². The second-order valence-corrected chi connectivity index (χ2v) is 6.05. The van der Waals surface area contributed by atoms with Crippen LogP contribution in [0.15, 0.2) is 73.1 Å². The van der Waals surface area contributed by atoms with Crippen molar-refractivity contribution in [2.24, 2.45) is 0 Å². The van der Waals surface area contributed by atoms with Gasteiger partial charge in [0.15, 0.2) is 18.1 Å². The molecule has 0 aliphatic heterocycles. The van der Waals surface area contributed by atoms with Crippen molar-refractivity contribution in [2.45, 2.75) is 6.42 Å². The van der Waals surface area contributed by atoms with Crippen LogP contribution in [0.2, 0.25) is 0 Å². The molecule has 2 aromatic carbocycles. The lowest BCUT2D eigenvalue weighted by Gasteiger charge is -2.12. The zero-order valence-corrected chi connectivity index (χ0v) is 15.5. The van der Waals surface area contributed by atoms with Crippen LogP contribution in [0.4, 0.5) is 5.69 Å². The predicted octanol–water partition coefficient (Wildman–Crippen LogP) is 3.52. The Balaban J connectivity index is 1.52. The summed E-state index contributed by atoms with van der Waals surface area (Å²) in [5.41, 5.74) is 1.01. The summed E-state index contributed by atoms with van der Waals surface area (Å²) in [7, 11) is 0. The van der Waals surface area contributed by atoms with E-state index in [0.717, 1.165) is 5.56 Å². The summed E-state index contributed by atoms with van der Waals surface area (Å²) in [6.07, 6.45) is 4.14. The topological polar surface area (TPSA) is 104 Å². The third kappa shape index (κ3) is 6.03. The number of carbonyl (C=O) groups is 1. The number of nitro benzene ring substituents is 1. The average molecular weight is 393 g/mol. The predicted molar refractivity (Wildman–Crippen MR) is 106 cm³/mol. The van der Waals surface area contributed by atoms with Crippen LogP contribution in [0.25, 0.3) is 0 Å². The maximum absolute atomic E-state index is 12.0. The molecule has 3 rings (SSSR count). The van der Waals surface area contributed by atoms with Crippen molar-refractivity contribution in [1.82, 2.24) is 10.3 Å². The maximum atomic E-state index is 12.0. The number of aromatic nitrogens is 1. The molecule has 0 unspecified atom stereocenters. The number of ether oxygens (including phenoxy) is 2. The molecule has 1 N–H and O–H groups in total.